The van der Waals surface area contributed by atoms with Crippen LogP contribution in [0.15, 0.2) is 30.5 Å². The molecule has 1 aromatic heterocycles. The summed E-state index contributed by atoms with van der Waals surface area (Å²) in [6.45, 7) is 7.84. The van der Waals surface area contributed by atoms with Crippen molar-refractivity contribution in [2.75, 3.05) is 0 Å². The number of hydrogen-bond acceptors (Lipinski definition) is 3. The largest absolute Gasteiger partial charge is 0.444 e. The second kappa shape index (κ2) is 5.99. The fraction of sp³-hybridized carbons (Fsp3) is 0.375. The number of H-pyrrole nitrogens is 1. The second-order valence-electron chi connectivity index (χ2n) is 5.97. The van der Waals surface area contributed by atoms with E-state index in [1.807, 2.05) is 39.8 Å². The lowest BCUT2D eigenvalue weighted by atomic mass is 10.1. The molecule has 0 spiro atoms. The third kappa shape index (κ3) is 4.63. The monoisotopic (exact) mass is 287 g/mol. The SMILES string of the molecule is Cc1ccc(-c2cnc(CNC(=O)OC(C)(C)C)[nH]2)cc1. The molecular formula is C16H21N3O2. The number of imidazole rings is 1. The Labute approximate surface area is 124 Å². The van der Waals surface area contributed by atoms with Crippen LogP contribution in [-0.2, 0) is 11.3 Å². The Kier molecular flexibility index (Phi) is 4.31. The molecule has 0 radical (unpaired) electrons. The number of aryl methyl sites for hydroxylation is 1. The van der Waals surface area contributed by atoms with Crippen LogP contribution < -0.4 is 5.32 Å². The standard InChI is InChI=1S/C16H21N3O2/c1-11-5-7-12(8-6-11)13-9-17-14(19-13)10-18-15(20)21-16(2,3)4/h5-9H,10H2,1-4H3,(H,17,19)(H,18,20). The summed E-state index contributed by atoms with van der Waals surface area (Å²) in [6.07, 6.45) is 1.31. The van der Waals surface area contributed by atoms with Crippen molar-refractivity contribution >= 4 is 6.09 Å². The Balaban J connectivity index is 1.94. The molecule has 2 aromatic rings. The molecule has 1 aromatic carbocycles. The maximum Gasteiger partial charge on any atom is 0.408 e. The van der Waals surface area contributed by atoms with Gasteiger partial charge in [0.05, 0.1) is 18.4 Å². The van der Waals surface area contributed by atoms with E-state index >= 15 is 0 Å². The number of aromatic nitrogens is 2. The number of benzene rings is 1. The molecule has 0 atom stereocenters. The number of carbonyl (C=O) groups excluding carboxylic acids is 1. The topological polar surface area (TPSA) is 67.0 Å². The van der Waals surface area contributed by atoms with Crippen LogP contribution in [0.2, 0.25) is 0 Å². The highest BCUT2D eigenvalue weighted by Gasteiger charge is 2.16. The third-order valence-corrected chi connectivity index (χ3v) is 2.79. The predicted octanol–water partition coefficient (Wildman–Crippen LogP) is 3.41. The van der Waals surface area contributed by atoms with Crippen molar-refractivity contribution in [2.24, 2.45) is 0 Å². The summed E-state index contributed by atoms with van der Waals surface area (Å²) in [6, 6.07) is 8.17. The average molecular weight is 287 g/mol. The van der Waals surface area contributed by atoms with E-state index in [2.05, 4.69) is 27.4 Å². The highest BCUT2D eigenvalue weighted by molar-refractivity contribution is 5.67. The number of rotatable bonds is 3. The molecule has 1 heterocycles. The highest BCUT2D eigenvalue weighted by Crippen LogP contribution is 2.17. The lowest BCUT2D eigenvalue weighted by Gasteiger charge is -2.19. The van der Waals surface area contributed by atoms with E-state index in [9.17, 15) is 4.79 Å². The summed E-state index contributed by atoms with van der Waals surface area (Å²) in [7, 11) is 0. The van der Waals surface area contributed by atoms with Gasteiger partial charge in [0.1, 0.15) is 11.4 Å². The summed E-state index contributed by atoms with van der Waals surface area (Å²) in [5.41, 5.74) is 2.71. The summed E-state index contributed by atoms with van der Waals surface area (Å²) >= 11 is 0. The van der Waals surface area contributed by atoms with Gasteiger partial charge in [-0.25, -0.2) is 9.78 Å². The molecule has 2 N–H and O–H groups in total. The number of amides is 1. The normalized spacial score (nSPS) is 11.2. The van der Waals surface area contributed by atoms with Gasteiger partial charge in [0.25, 0.3) is 0 Å². The third-order valence-electron chi connectivity index (χ3n) is 2.79. The molecule has 2 rings (SSSR count). The van der Waals surface area contributed by atoms with E-state index in [4.69, 9.17) is 4.74 Å². The van der Waals surface area contributed by atoms with E-state index < -0.39 is 11.7 Å². The molecule has 0 saturated carbocycles. The molecule has 21 heavy (non-hydrogen) atoms. The van der Waals surface area contributed by atoms with Gasteiger partial charge >= 0.3 is 6.09 Å². The minimum atomic E-state index is -0.500. The Hall–Kier alpha value is -2.30. The first kappa shape index (κ1) is 15.1. The second-order valence-corrected chi connectivity index (χ2v) is 5.97. The van der Waals surface area contributed by atoms with Gasteiger partial charge in [-0.2, -0.15) is 0 Å². The van der Waals surface area contributed by atoms with Gasteiger partial charge < -0.3 is 15.0 Å². The zero-order valence-corrected chi connectivity index (χ0v) is 12.9. The number of nitrogens with one attached hydrogen (secondary N) is 2. The van der Waals surface area contributed by atoms with Crippen LogP contribution in [0.25, 0.3) is 11.3 Å². The van der Waals surface area contributed by atoms with Crippen LogP contribution in [0.4, 0.5) is 4.79 Å². The number of alkyl carbamates (subject to hydrolysis) is 1. The summed E-state index contributed by atoms with van der Waals surface area (Å²) in [5, 5.41) is 2.67. The van der Waals surface area contributed by atoms with Crippen molar-refractivity contribution in [1.82, 2.24) is 15.3 Å². The van der Waals surface area contributed by atoms with E-state index in [-0.39, 0.29) is 0 Å². The zero-order valence-electron chi connectivity index (χ0n) is 12.9. The minimum absolute atomic E-state index is 0.306. The van der Waals surface area contributed by atoms with Crippen molar-refractivity contribution < 1.29 is 9.53 Å². The van der Waals surface area contributed by atoms with Gasteiger partial charge in [-0.1, -0.05) is 29.8 Å². The van der Waals surface area contributed by atoms with Crippen molar-refractivity contribution in [3.05, 3.63) is 41.9 Å². The summed E-state index contributed by atoms with van der Waals surface area (Å²) < 4.78 is 5.17. The van der Waals surface area contributed by atoms with Crippen LogP contribution in [-0.4, -0.2) is 21.7 Å². The fourth-order valence-electron chi connectivity index (χ4n) is 1.80. The van der Waals surface area contributed by atoms with Crippen LogP contribution in [0, 0.1) is 6.92 Å². The Bertz CT molecular complexity index is 609. The molecule has 0 saturated heterocycles. The van der Waals surface area contributed by atoms with Crippen LogP contribution >= 0.6 is 0 Å². The maximum absolute atomic E-state index is 11.6. The number of ether oxygens (including phenoxy) is 1. The van der Waals surface area contributed by atoms with Gasteiger partial charge in [-0.15, -0.1) is 0 Å². The van der Waals surface area contributed by atoms with Gasteiger partial charge in [-0.3, -0.25) is 0 Å². The smallest absolute Gasteiger partial charge is 0.408 e. The Morgan fingerprint density at radius 3 is 2.57 bits per heavy atom. The highest BCUT2D eigenvalue weighted by atomic mass is 16.6. The van der Waals surface area contributed by atoms with Gasteiger partial charge in [0, 0.05) is 0 Å². The first-order chi connectivity index (χ1) is 9.83. The first-order valence-corrected chi connectivity index (χ1v) is 6.91. The average Bonchev–Trinajstić information content (AvgIpc) is 2.84. The quantitative estimate of drug-likeness (QED) is 0.909. The van der Waals surface area contributed by atoms with E-state index in [1.54, 1.807) is 6.20 Å². The number of carbonyl (C=O) groups is 1. The van der Waals surface area contributed by atoms with Gasteiger partial charge in [0.2, 0.25) is 0 Å². The van der Waals surface area contributed by atoms with Crippen molar-refractivity contribution in [1.29, 1.82) is 0 Å². The number of aromatic amines is 1. The lowest BCUT2D eigenvalue weighted by Crippen LogP contribution is -2.32. The predicted molar refractivity (Wildman–Crippen MR) is 81.8 cm³/mol. The molecule has 5 heteroatoms. The first-order valence-electron chi connectivity index (χ1n) is 6.91. The molecule has 0 bridgehead atoms. The number of hydrogen-bond donors (Lipinski definition) is 2. The minimum Gasteiger partial charge on any atom is -0.444 e. The molecule has 0 aliphatic carbocycles. The molecule has 0 unspecified atom stereocenters. The molecular weight excluding hydrogens is 266 g/mol. The van der Waals surface area contributed by atoms with Crippen molar-refractivity contribution in [2.45, 2.75) is 39.8 Å². The van der Waals surface area contributed by atoms with Gasteiger partial charge in [-0.05, 0) is 33.3 Å². The molecule has 5 nitrogen and oxygen atoms in total. The fourth-order valence-corrected chi connectivity index (χ4v) is 1.80. The lowest BCUT2D eigenvalue weighted by molar-refractivity contribution is 0.0522. The summed E-state index contributed by atoms with van der Waals surface area (Å²) in [4.78, 5) is 19.0. The van der Waals surface area contributed by atoms with E-state index in [1.165, 1.54) is 5.56 Å². The van der Waals surface area contributed by atoms with Crippen molar-refractivity contribution in [3.8, 4) is 11.3 Å². The maximum atomic E-state index is 11.6. The Morgan fingerprint density at radius 1 is 1.29 bits per heavy atom. The van der Waals surface area contributed by atoms with Crippen LogP contribution in [0.1, 0.15) is 32.2 Å². The summed E-state index contributed by atoms with van der Waals surface area (Å²) in [5.74, 6) is 0.691. The molecule has 0 aliphatic heterocycles. The molecule has 112 valence electrons. The van der Waals surface area contributed by atoms with Crippen LogP contribution in [0.5, 0.6) is 0 Å². The van der Waals surface area contributed by atoms with Crippen molar-refractivity contribution in [3.63, 3.8) is 0 Å². The van der Waals surface area contributed by atoms with E-state index in [0.717, 1.165) is 11.3 Å². The van der Waals surface area contributed by atoms with Crippen LogP contribution in [0.3, 0.4) is 0 Å². The Morgan fingerprint density at radius 2 is 1.95 bits per heavy atom. The molecule has 0 aliphatic rings. The number of nitrogens with zero attached hydrogens (tertiary/aromatic N) is 1. The van der Waals surface area contributed by atoms with E-state index in [0.29, 0.717) is 12.4 Å². The molecule has 1 amide bonds. The molecule has 0 fully saturated rings. The van der Waals surface area contributed by atoms with Gasteiger partial charge in [0.15, 0.2) is 0 Å². The zero-order chi connectivity index (χ0) is 15.5.